The van der Waals surface area contributed by atoms with E-state index >= 15 is 0 Å². The van der Waals surface area contributed by atoms with Gasteiger partial charge in [0, 0.05) is 11.3 Å². The second-order valence-electron chi connectivity index (χ2n) is 6.98. The van der Waals surface area contributed by atoms with Gasteiger partial charge in [0.2, 0.25) is 0 Å². The maximum atomic E-state index is 3.99. The second-order valence-corrected chi connectivity index (χ2v) is 6.98. The fraction of sp³-hybridized carbons (Fsp3) is 0.579. The molecule has 1 aromatic rings. The molecule has 1 nitrogen and oxygen atoms in total. The van der Waals surface area contributed by atoms with Crippen LogP contribution in [0.1, 0.15) is 68.9 Å². The standard InChI is InChI=1S/C19H25N/c1-14-9-10-16-15-7-3-4-8-17(15)19(20-18(16)13-14)11-5-2-6-12-19/h9-10,13,20H,2-8,11-12H2,1H3. The van der Waals surface area contributed by atoms with Gasteiger partial charge < -0.3 is 5.32 Å². The molecule has 0 aromatic heterocycles. The van der Waals surface area contributed by atoms with E-state index < -0.39 is 0 Å². The molecule has 2 aliphatic carbocycles. The van der Waals surface area contributed by atoms with Crippen molar-refractivity contribution in [2.75, 3.05) is 5.32 Å². The van der Waals surface area contributed by atoms with Crippen LogP contribution in [0, 0.1) is 6.92 Å². The molecule has 0 saturated heterocycles. The highest BCUT2D eigenvalue weighted by atomic mass is 15.0. The third-order valence-corrected chi connectivity index (χ3v) is 5.63. The van der Waals surface area contributed by atoms with Crippen LogP contribution in [-0.4, -0.2) is 5.54 Å². The average molecular weight is 267 g/mol. The summed E-state index contributed by atoms with van der Waals surface area (Å²) in [6.45, 7) is 2.21. The summed E-state index contributed by atoms with van der Waals surface area (Å²) < 4.78 is 0. The highest BCUT2D eigenvalue weighted by molar-refractivity contribution is 5.84. The van der Waals surface area contributed by atoms with Gasteiger partial charge in [0.15, 0.2) is 0 Å². The molecule has 0 unspecified atom stereocenters. The van der Waals surface area contributed by atoms with E-state index in [1.165, 1.54) is 74.6 Å². The lowest BCUT2D eigenvalue weighted by Crippen LogP contribution is -2.45. The molecule has 1 N–H and O–H groups in total. The largest absolute Gasteiger partial charge is 0.375 e. The summed E-state index contributed by atoms with van der Waals surface area (Å²) in [4.78, 5) is 0. The summed E-state index contributed by atoms with van der Waals surface area (Å²) in [7, 11) is 0. The predicted octanol–water partition coefficient (Wildman–Crippen LogP) is 5.45. The molecule has 106 valence electrons. The fourth-order valence-corrected chi connectivity index (χ4v) is 4.67. The molecule has 3 aliphatic rings. The molecule has 0 atom stereocenters. The normalized spacial score (nSPS) is 24.1. The Labute approximate surface area is 122 Å². The van der Waals surface area contributed by atoms with E-state index in [1.807, 2.05) is 0 Å². The Hall–Kier alpha value is -1.24. The Morgan fingerprint density at radius 1 is 0.950 bits per heavy atom. The van der Waals surface area contributed by atoms with E-state index in [1.54, 1.807) is 11.1 Å². The lowest BCUT2D eigenvalue weighted by Gasteiger charge is -2.47. The van der Waals surface area contributed by atoms with E-state index in [4.69, 9.17) is 0 Å². The molecule has 1 heteroatoms. The van der Waals surface area contributed by atoms with Crippen molar-refractivity contribution in [3.63, 3.8) is 0 Å². The Morgan fingerprint density at radius 2 is 1.75 bits per heavy atom. The number of benzene rings is 1. The van der Waals surface area contributed by atoms with E-state index in [-0.39, 0.29) is 0 Å². The molecule has 1 fully saturated rings. The van der Waals surface area contributed by atoms with Crippen LogP contribution >= 0.6 is 0 Å². The van der Waals surface area contributed by atoms with E-state index in [2.05, 4.69) is 30.4 Å². The molecule has 1 aliphatic heterocycles. The van der Waals surface area contributed by atoms with Crippen molar-refractivity contribution >= 4 is 11.3 Å². The molecule has 0 bridgehead atoms. The summed E-state index contributed by atoms with van der Waals surface area (Å²) in [5, 5.41) is 3.99. The van der Waals surface area contributed by atoms with Crippen LogP contribution in [-0.2, 0) is 0 Å². The first kappa shape index (κ1) is 12.5. The first-order valence-corrected chi connectivity index (χ1v) is 8.40. The summed E-state index contributed by atoms with van der Waals surface area (Å²) in [5.41, 5.74) is 8.08. The third kappa shape index (κ3) is 1.82. The zero-order valence-electron chi connectivity index (χ0n) is 12.6. The van der Waals surface area contributed by atoms with E-state index in [9.17, 15) is 0 Å². The molecular weight excluding hydrogens is 242 g/mol. The first-order valence-electron chi connectivity index (χ1n) is 8.40. The van der Waals surface area contributed by atoms with Gasteiger partial charge in [-0.25, -0.2) is 0 Å². The topological polar surface area (TPSA) is 12.0 Å². The van der Waals surface area contributed by atoms with Crippen molar-refractivity contribution in [1.82, 2.24) is 0 Å². The van der Waals surface area contributed by atoms with Gasteiger partial charge in [-0.3, -0.25) is 0 Å². The first-order chi connectivity index (χ1) is 9.78. The highest BCUT2D eigenvalue weighted by Gasteiger charge is 2.41. The van der Waals surface area contributed by atoms with Gasteiger partial charge in [0.1, 0.15) is 0 Å². The highest BCUT2D eigenvalue weighted by Crippen LogP contribution is 2.50. The Kier molecular flexibility index (Phi) is 2.90. The van der Waals surface area contributed by atoms with Gasteiger partial charge in [-0.1, -0.05) is 31.4 Å². The van der Waals surface area contributed by atoms with Gasteiger partial charge in [-0.05, 0) is 68.2 Å². The van der Waals surface area contributed by atoms with Crippen molar-refractivity contribution in [3.8, 4) is 0 Å². The number of allylic oxidation sites excluding steroid dienone is 1. The van der Waals surface area contributed by atoms with Crippen LogP contribution in [0.25, 0.3) is 5.57 Å². The molecule has 1 heterocycles. The minimum Gasteiger partial charge on any atom is -0.375 e. The summed E-state index contributed by atoms with van der Waals surface area (Å²) in [5.74, 6) is 0. The van der Waals surface area contributed by atoms with Gasteiger partial charge >= 0.3 is 0 Å². The maximum absolute atomic E-state index is 3.99. The van der Waals surface area contributed by atoms with Gasteiger partial charge in [-0.2, -0.15) is 0 Å². The van der Waals surface area contributed by atoms with Crippen LogP contribution in [0.2, 0.25) is 0 Å². The summed E-state index contributed by atoms with van der Waals surface area (Å²) >= 11 is 0. The Bertz CT molecular complexity index is 561. The number of fused-ring (bicyclic) bond motifs is 3. The van der Waals surface area contributed by atoms with E-state index in [0.29, 0.717) is 5.54 Å². The molecule has 1 aromatic carbocycles. The molecule has 0 radical (unpaired) electrons. The van der Waals surface area contributed by atoms with Crippen LogP contribution < -0.4 is 5.32 Å². The fourth-order valence-electron chi connectivity index (χ4n) is 4.67. The predicted molar refractivity (Wildman–Crippen MR) is 86.0 cm³/mol. The number of nitrogens with one attached hydrogen (secondary N) is 1. The Morgan fingerprint density at radius 3 is 2.60 bits per heavy atom. The molecule has 0 amide bonds. The van der Waals surface area contributed by atoms with Crippen molar-refractivity contribution in [1.29, 1.82) is 0 Å². The number of aryl methyl sites for hydroxylation is 1. The molecule has 4 rings (SSSR count). The minimum atomic E-state index is 0.314. The summed E-state index contributed by atoms with van der Waals surface area (Å²) in [6, 6.07) is 7.00. The zero-order valence-corrected chi connectivity index (χ0v) is 12.6. The van der Waals surface area contributed by atoms with Gasteiger partial charge in [0.05, 0.1) is 5.54 Å². The smallest absolute Gasteiger partial charge is 0.0591 e. The zero-order chi connectivity index (χ0) is 13.6. The molecular formula is C19H25N. The van der Waals surface area contributed by atoms with Crippen molar-refractivity contribution in [2.24, 2.45) is 0 Å². The van der Waals surface area contributed by atoms with Crippen LogP contribution in [0.15, 0.2) is 23.8 Å². The molecule has 1 saturated carbocycles. The quantitative estimate of drug-likeness (QED) is 0.659. The number of hydrogen-bond acceptors (Lipinski definition) is 1. The van der Waals surface area contributed by atoms with E-state index in [0.717, 1.165) is 0 Å². The van der Waals surface area contributed by atoms with Gasteiger partial charge in [-0.15, -0.1) is 0 Å². The lowest BCUT2D eigenvalue weighted by atomic mass is 9.67. The van der Waals surface area contributed by atoms with Crippen molar-refractivity contribution < 1.29 is 0 Å². The number of hydrogen-bond donors (Lipinski definition) is 1. The lowest BCUT2D eigenvalue weighted by molar-refractivity contribution is 0.353. The second kappa shape index (κ2) is 4.65. The maximum Gasteiger partial charge on any atom is 0.0591 e. The number of rotatable bonds is 0. The van der Waals surface area contributed by atoms with Crippen LogP contribution in [0.4, 0.5) is 5.69 Å². The third-order valence-electron chi connectivity index (χ3n) is 5.63. The van der Waals surface area contributed by atoms with Crippen LogP contribution in [0.5, 0.6) is 0 Å². The molecule has 1 spiro atoms. The van der Waals surface area contributed by atoms with Crippen molar-refractivity contribution in [3.05, 3.63) is 34.9 Å². The minimum absolute atomic E-state index is 0.314. The van der Waals surface area contributed by atoms with Gasteiger partial charge in [0.25, 0.3) is 0 Å². The SMILES string of the molecule is Cc1ccc2c(c1)NC1(CCCCC1)C1=C2CCCC1. The Balaban J connectivity index is 1.88. The average Bonchev–Trinajstić information content (AvgIpc) is 2.48. The van der Waals surface area contributed by atoms with Crippen molar-refractivity contribution in [2.45, 2.75) is 70.3 Å². The monoisotopic (exact) mass is 267 g/mol. The summed E-state index contributed by atoms with van der Waals surface area (Å²) in [6.07, 6.45) is 12.3. The van der Waals surface area contributed by atoms with Crippen LogP contribution in [0.3, 0.4) is 0 Å². The number of anilines is 1. The molecule has 20 heavy (non-hydrogen) atoms.